The van der Waals surface area contributed by atoms with Gasteiger partial charge in [0.2, 0.25) is 10.0 Å². The summed E-state index contributed by atoms with van der Waals surface area (Å²) in [5, 5.41) is 0. The maximum Gasteiger partial charge on any atom is 0.416 e. The molecule has 0 aromatic heterocycles. The Morgan fingerprint density at radius 3 is 2.43 bits per heavy atom. The van der Waals surface area contributed by atoms with Gasteiger partial charge in [0.25, 0.3) is 0 Å². The quantitative estimate of drug-likeness (QED) is 0.754. The lowest BCUT2D eigenvalue weighted by molar-refractivity contribution is -0.137. The van der Waals surface area contributed by atoms with Gasteiger partial charge in [-0.15, -0.1) is 0 Å². The molecule has 0 bridgehead atoms. The van der Waals surface area contributed by atoms with Gasteiger partial charge >= 0.3 is 6.18 Å². The van der Waals surface area contributed by atoms with Crippen molar-refractivity contribution >= 4 is 26.0 Å². The van der Waals surface area contributed by atoms with Crippen LogP contribution >= 0.6 is 15.9 Å². The Hall–Kier alpha value is -0.600. The Labute approximate surface area is 131 Å². The molecule has 8 heteroatoms. The highest BCUT2D eigenvalue weighted by Gasteiger charge is 2.31. The van der Waals surface area contributed by atoms with Crippen LogP contribution in [0.15, 0.2) is 29.2 Å². The minimum atomic E-state index is -4.57. The fourth-order valence-electron chi connectivity index (χ4n) is 1.72. The predicted molar refractivity (Wildman–Crippen MR) is 78.8 cm³/mol. The molecule has 0 heterocycles. The van der Waals surface area contributed by atoms with E-state index in [4.69, 9.17) is 0 Å². The second-order valence-electron chi connectivity index (χ2n) is 5.10. The summed E-state index contributed by atoms with van der Waals surface area (Å²) in [6, 6.07) is 3.69. The van der Waals surface area contributed by atoms with Crippen molar-refractivity contribution in [2.24, 2.45) is 5.92 Å². The maximum absolute atomic E-state index is 12.6. The summed E-state index contributed by atoms with van der Waals surface area (Å²) in [6.45, 7) is 4.11. The van der Waals surface area contributed by atoms with Crippen LogP contribution in [0.25, 0.3) is 0 Å². The third-order valence-corrected chi connectivity index (χ3v) is 4.81. The van der Waals surface area contributed by atoms with Crippen molar-refractivity contribution in [3.05, 3.63) is 29.8 Å². The number of halogens is 4. The second-order valence-corrected chi connectivity index (χ2v) is 8.17. The summed E-state index contributed by atoms with van der Waals surface area (Å²) in [5.74, 6) is 0.382. The van der Waals surface area contributed by atoms with E-state index in [1.54, 1.807) is 0 Å². The van der Waals surface area contributed by atoms with Crippen LogP contribution in [0.2, 0.25) is 0 Å². The van der Waals surface area contributed by atoms with Crippen molar-refractivity contribution in [2.45, 2.75) is 36.2 Å². The van der Waals surface area contributed by atoms with Crippen molar-refractivity contribution < 1.29 is 21.6 Å². The van der Waals surface area contributed by atoms with E-state index in [9.17, 15) is 21.6 Å². The molecule has 3 nitrogen and oxygen atoms in total. The van der Waals surface area contributed by atoms with Gasteiger partial charge in [-0.3, -0.25) is 0 Å². The average molecular weight is 388 g/mol. The molecular weight excluding hydrogens is 371 g/mol. The molecule has 21 heavy (non-hydrogen) atoms. The summed E-state index contributed by atoms with van der Waals surface area (Å²) in [4.78, 5) is -0.459. The topological polar surface area (TPSA) is 46.2 Å². The highest BCUT2D eigenvalue weighted by molar-refractivity contribution is 9.09. The number of benzene rings is 1. The number of hydrogen-bond donors (Lipinski definition) is 1. The van der Waals surface area contributed by atoms with Crippen LogP contribution in [-0.4, -0.2) is 19.8 Å². The van der Waals surface area contributed by atoms with Crippen molar-refractivity contribution in [3.8, 4) is 0 Å². The first-order chi connectivity index (χ1) is 9.52. The molecule has 0 aliphatic heterocycles. The van der Waals surface area contributed by atoms with Crippen LogP contribution < -0.4 is 4.72 Å². The van der Waals surface area contributed by atoms with Gasteiger partial charge in [-0.25, -0.2) is 13.1 Å². The minimum absolute atomic E-state index is 0.0712. The van der Waals surface area contributed by atoms with Gasteiger partial charge in [0.05, 0.1) is 10.5 Å². The smallest absolute Gasteiger partial charge is 0.210 e. The van der Waals surface area contributed by atoms with Gasteiger partial charge in [-0.1, -0.05) is 35.8 Å². The zero-order valence-corrected chi connectivity index (χ0v) is 14.0. The zero-order valence-electron chi connectivity index (χ0n) is 11.6. The van der Waals surface area contributed by atoms with E-state index in [0.29, 0.717) is 12.0 Å². The van der Waals surface area contributed by atoms with E-state index < -0.39 is 21.8 Å². The van der Waals surface area contributed by atoms with E-state index in [1.807, 2.05) is 13.8 Å². The van der Waals surface area contributed by atoms with Crippen molar-refractivity contribution in [3.63, 3.8) is 0 Å². The van der Waals surface area contributed by atoms with E-state index >= 15 is 0 Å². The van der Waals surface area contributed by atoms with Crippen LogP contribution in [0, 0.1) is 5.92 Å². The number of rotatable bonds is 6. The molecule has 0 amide bonds. The molecule has 1 rings (SSSR count). The van der Waals surface area contributed by atoms with E-state index in [1.165, 1.54) is 0 Å². The summed E-state index contributed by atoms with van der Waals surface area (Å²) in [6.07, 6.45) is -3.81. The normalized spacial score (nSPS) is 14.4. The molecule has 0 saturated heterocycles. The fraction of sp³-hybridized carbons (Fsp3) is 0.538. The van der Waals surface area contributed by atoms with Crippen LogP contribution in [0.3, 0.4) is 0 Å². The van der Waals surface area contributed by atoms with Gasteiger partial charge in [-0.05, 0) is 30.5 Å². The minimum Gasteiger partial charge on any atom is -0.210 e. The Bertz CT molecular complexity index is 573. The standard InChI is InChI=1S/C13H17BrF3NO2S/c1-9(2)6-11(14)8-18-21(19,20)12-5-3-4-10(7-12)13(15,16)17/h3-5,7,9,11,18H,6,8H2,1-2H3. The predicted octanol–water partition coefficient (Wildman–Crippen LogP) is 3.79. The van der Waals surface area contributed by atoms with Gasteiger partial charge in [0.15, 0.2) is 0 Å². The SMILES string of the molecule is CC(C)CC(Br)CNS(=O)(=O)c1cccc(C(F)(F)F)c1. The summed E-state index contributed by atoms with van der Waals surface area (Å²) in [7, 11) is -3.95. The Morgan fingerprint density at radius 1 is 1.29 bits per heavy atom. The molecule has 0 fully saturated rings. The molecule has 1 N–H and O–H groups in total. The molecule has 1 unspecified atom stereocenters. The first-order valence-corrected chi connectivity index (χ1v) is 8.73. The van der Waals surface area contributed by atoms with Crippen molar-refractivity contribution in [1.29, 1.82) is 0 Å². The number of alkyl halides is 4. The van der Waals surface area contributed by atoms with Crippen LogP contribution in [0.1, 0.15) is 25.8 Å². The van der Waals surface area contributed by atoms with Crippen LogP contribution in [0.4, 0.5) is 13.2 Å². The molecule has 0 aliphatic rings. The van der Waals surface area contributed by atoms with E-state index in [-0.39, 0.29) is 16.3 Å². The fourth-order valence-corrected chi connectivity index (χ4v) is 3.97. The van der Waals surface area contributed by atoms with Crippen molar-refractivity contribution in [2.75, 3.05) is 6.54 Å². The highest BCUT2D eigenvalue weighted by atomic mass is 79.9. The lowest BCUT2D eigenvalue weighted by atomic mass is 10.1. The third kappa shape index (κ3) is 5.96. The molecule has 0 radical (unpaired) electrons. The Morgan fingerprint density at radius 2 is 1.90 bits per heavy atom. The second kappa shape index (κ2) is 7.11. The molecule has 1 atom stereocenters. The molecule has 1 aromatic rings. The maximum atomic E-state index is 12.6. The average Bonchev–Trinajstić information content (AvgIpc) is 2.35. The van der Waals surface area contributed by atoms with Gasteiger partial charge < -0.3 is 0 Å². The number of sulfonamides is 1. The monoisotopic (exact) mass is 387 g/mol. The lowest BCUT2D eigenvalue weighted by Gasteiger charge is -2.14. The Kier molecular flexibility index (Phi) is 6.24. The summed E-state index contributed by atoms with van der Waals surface area (Å²) < 4.78 is 64.1. The van der Waals surface area contributed by atoms with Gasteiger partial charge in [0, 0.05) is 11.4 Å². The molecule has 120 valence electrons. The highest BCUT2D eigenvalue weighted by Crippen LogP contribution is 2.30. The molecule has 0 spiro atoms. The van der Waals surface area contributed by atoms with Crippen molar-refractivity contribution in [1.82, 2.24) is 4.72 Å². The molecule has 0 aliphatic carbocycles. The first kappa shape index (κ1) is 18.4. The first-order valence-electron chi connectivity index (χ1n) is 6.33. The Balaban J connectivity index is 2.84. The molecule has 1 aromatic carbocycles. The molecular formula is C13H17BrF3NO2S. The van der Waals surface area contributed by atoms with E-state index in [2.05, 4.69) is 20.7 Å². The van der Waals surface area contributed by atoms with Crippen LogP contribution in [0.5, 0.6) is 0 Å². The summed E-state index contributed by atoms with van der Waals surface area (Å²) >= 11 is 3.34. The molecule has 0 saturated carbocycles. The van der Waals surface area contributed by atoms with Crippen LogP contribution in [-0.2, 0) is 16.2 Å². The zero-order chi connectivity index (χ0) is 16.3. The van der Waals surface area contributed by atoms with Gasteiger partial charge in [0.1, 0.15) is 0 Å². The number of nitrogens with one attached hydrogen (secondary N) is 1. The lowest BCUT2D eigenvalue weighted by Crippen LogP contribution is -2.30. The summed E-state index contributed by atoms with van der Waals surface area (Å²) in [5.41, 5.74) is -0.983. The number of hydrogen-bond acceptors (Lipinski definition) is 2. The van der Waals surface area contributed by atoms with Gasteiger partial charge in [-0.2, -0.15) is 13.2 Å². The largest absolute Gasteiger partial charge is 0.416 e. The van der Waals surface area contributed by atoms with E-state index in [0.717, 1.165) is 24.6 Å². The third-order valence-electron chi connectivity index (χ3n) is 2.69.